The zero-order valence-corrected chi connectivity index (χ0v) is 29.7. The van der Waals surface area contributed by atoms with Crippen LogP contribution in [0.25, 0.3) is 66.4 Å². The Labute approximate surface area is 298 Å². The van der Waals surface area contributed by atoms with Crippen LogP contribution in [0.2, 0.25) is 0 Å². The van der Waals surface area contributed by atoms with Crippen LogP contribution >= 0.6 is 0 Å². The van der Waals surface area contributed by atoms with Gasteiger partial charge in [0.25, 0.3) is 0 Å². The van der Waals surface area contributed by atoms with Crippen molar-refractivity contribution in [3.05, 3.63) is 168 Å². The Bertz CT molecular complexity index is 2540. The minimum atomic E-state index is 0. The van der Waals surface area contributed by atoms with Crippen molar-refractivity contribution < 1.29 is 28.9 Å². The molecule has 0 aliphatic carbocycles. The molecule has 0 N–H and O–H groups in total. The van der Waals surface area contributed by atoms with Gasteiger partial charge in [-0.3, -0.25) is 0 Å². The molecule has 0 spiro atoms. The fraction of sp³-hybridized carbons (Fsp3) is 0.0909. The Morgan fingerprint density at radius 2 is 1.16 bits per heavy atom. The Kier molecular flexibility index (Phi) is 8.97. The number of hydrogen-bond acceptors (Lipinski definition) is 4. The van der Waals surface area contributed by atoms with Gasteiger partial charge in [-0.15, -0.1) is 36.4 Å². The predicted octanol–water partition coefficient (Wildman–Crippen LogP) is 11.7. The summed E-state index contributed by atoms with van der Waals surface area (Å²) in [5.41, 5.74) is 12.0. The fourth-order valence-corrected chi connectivity index (χ4v) is 6.32. The summed E-state index contributed by atoms with van der Waals surface area (Å²) in [5.74, 6) is 0.311. The van der Waals surface area contributed by atoms with Gasteiger partial charge in [0.1, 0.15) is 11.2 Å². The molecule has 49 heavy (non-hydrogen) atoms. The van der Waals surface area contributed by atoms with Crippen molar-refractivity contribution in [3.63, 3.8) is 0 Å². The van der Waals surface area contributed by atoms with E-state index in [0.29, 0.717) is 5.92 Å². The van der Waals surface area contributed by atoms with Gasteiger partial charge in [0.05, 0.1) is 11.2 Å². The number of aromatic nitrogens is 2. The number of aryl methyl sites for hydroxylation is 2. The summed E-state index contributed by atoms with van der Waals surface area (Å²) in [6.45, 7) is 6.33. The molecule has 0 amide bonds. The van der Waals surface area contributed by atoms with Crippen molar-refractivity contribution >= 4 is 43.9 Å². The van der Waals surface area contributed by atoms with Crippen molar-refractivity contribution in [2.45, 2.75) is 26.7 Å². The van der Waals surface area contributed by atoms with Crippen molar-refractivity contribution in [1.82, 2.24) is 9.97 Å². The number of rotatable bonds is 4. The van der Waals surface area contributed by atoms with E-state index in [-0.39, 0.29) is 20.1 Å². The molecule has 9 rings (SSSR count). The Hall–Kier alpha value is -5.35. The van der Waals surface area contributed by atoms with E-state index in [1.807, 2.05) is 61.7 Å². The number of fused-ring (bicyclic) bond motifs is 6. The van der Waals surface area contributed by atoms with E-state index in [1.54, 1.807) is 6.20 Å². The molecule has 0 fully saturated rings. The first-order chi connectivity index (χ1) is 23.5. The Morgan fingerprint density at radius 3 is 1.80 bits per heavy atom. The molecule has 1 unspecified atom stereocenters. The van der Waals surface area contributed by atoms with Gasteiger partial charge in [-0.25, -0.2) is 0 Å². The van der Waals surface area contributed by atoms with Gasteiger partial charge in [0, 0.05) is 49.2 Å². The van der Waals surface area contributed by atoms with Crippen LogP contribution in [0.5, 0.6) is 0 Å². The first-order valence-electron chi connectivity index (χ1n) is 16.1. The van der Waals surface area contributed by atoms with E-state index in [1.165, 1.54) is 16.7 Å². The Morgan fingerprint density at radius 1 is 0.551 bits per heavy atom. The SMILES string of the molecule is CC(c1ccccc1)c1ccc2c(c1)oc1c(-c3ccccn3)[c-]ccc12.Cc1ccc(-c2[c-]ccc3c2oc2cc(C)ccc23)nc1.[Ir]. The monoisotopic (exact) mass is 813 g/mol. The molecule has 4 nitrogen and oxygen atoms in total. The van der Waals surface area contributed by atoms with Crippen molar-refractivity contribution in [2.75, 3.05) is 0 Å². The van der Waals surface area contributed by atoms with Crippen molar-refractivity contribution in [1.29, 1.82) is 0 Å². The van der Waals surface area contributed by atoms with Crippen LogP contribution < -0.4 is 0 Å². The topological polar surface area (TPSA) is 52.1 Å². The van der Waals surface area contributed by atoms with E-state index < -0.39 is 0 Å². The molecule has 5 heteroatoms. The van der Waals surface area contributed by atoms with E-state index >= 15 is 0 Å². The van der Waals surface area contributed by atoms with E-state index in [2.05, 4.69) is 109 Å². The minimum absolute atomic E-state index is 0. The summed E-state index contributed by atoms with van der Waals surface area (Å²) in [7, 11) is 0. The van der Waals surface area contributed by atoms with Gasteiger partial charge < -0.3 is 18.8 Å². The number of hydrogen-bond donors (Lipinski definition) is 0. The zero-order chi connectivity index (χ0) is 32.6. The van der Waals surface area contributed by atoms with Crippen LogP contribution in [0.3, 0.4) is 0 Å². The molecule has 9 aromatic rings. The molecule has 0 saturated carbocycles. The van der Waals surface area contributed by atoms with Gasteiger partial charge in [-0.2, -0.15) is 0 Å². The third-order valence-corrected chi connectivity index (χ3v) is 8.93. The largest absolute Gasteiger partial charge is 0.501 e. The fourth-order valence-electron chi connectivity index (χ4n) is 6.32. The molecule has 4 aromatic heterocycles. The summed E-state index contributed by atoms with van der Waals surface area (Å²) in [6.07, 6.45) is 3.67. The molecular weight excluding hydrogens is 781 g/mol. The first-order valence-corrected chi connectivity index (χ1v) is 16.1. The maximum atomic E-state index is 6.29. The summed E-state index contributed by atoms with van der Waals surface area (Å²) >= 11 is 0. The molecule has 5 aromatic carbocycles. The van der Waals surface area contributed by atoms with E-state index in [9.17, 15) is 0 Å². The van der Waals surface area contributed by atoms with Crippen LogP contribution in [-0.2, 0) is 20.1 Å². The second-order valence-electron chi connectivity index (χ2n) is 12.2. The standard InChI is InChI=1S/C25H18NO.C19H14NO.Ir/c1-17(18-8-3-2-4-9-18)19-13-14-20-21-10-7-11-22(23-12-5-6-15-26-23)25(21)27-24(20)16-19;1-12-6-8-14-15-4-3-5-16(19(15)21-18(14)10-12)17-9-7-13(2)11-20-17;/h2-10,12-17H,1H3;3-4,6-11H,1-2H3;/q2*-1;. The number of pyridine rings is 2. The van der Waals surface area contributed by atoms with Crippen LogP contribution in [0.1, 0.15) is 35.1 Å². The quantitative estimate of drug-likeness (QED) is 0.166. The maximum absolute atomic E-state index is 6.29. The normalized spacial score (nSPS) is 11.7. The molecule has 0 saturated heterocycles. The molecule has 4 heterocycles. The molecule has 0 bridgehead atoms. The second-order valence-corrected chi connectivity index (χ2v) is 12.2. The summed E-state index contributed by atoms with van der Waals surface area (Å²) < 4.78 is 12.4. The number of furan rings is 2. The number of benzene rings is 5. The average Bonchev–Trinajstić information content (AvgIpc) is 3.70. The smallest absolute Gasteiger partial charge is 0.121 e. The van der Waals surface area contributed by atoms with Gasteiger partial charge >= 0.3 is 0 Å². The van der Waals surface area contributed by atoms with Crippen molar-refractivity contribution in [2.24, 2.45) is 0 Å². The van der Waals surface area contributed by atoms with Gasteiger partial charge in [0.2, 0.25) is 0 Å². The van der Waals surface area contributed by atoms with Gasteiger partial charge in [0.15, 0.2) is 0 Å². The van der Waals surface area contributed by atoms with Crippen LogP contribution in [0.4, 0.5) is 0 Å². The third kappa shape index (κ3) is 6.20. The molecule has 1 radical (unpaired) electrons. The molecular formula is C44H32IrN2O2-2. The van der Waals surface area contributed by atoms with Crippen LogP contribution in [0.15, 0.2) is 143 Å². The van der Waals surface area contributed by atoms with Crippen LogP contribution in [-0.4, -0.2) is 9.97 Å². The summed E-state index contributed by atoms with van der Waals surface area (Å²) in [6, 6.07) is 47.9. The second kappa shape index (κ2) is 13.6. The average molecular weight is 813 g/mol. The van der Waals surface area contributed by atoms with E-state index in [0.717, 1.165) is 72.0 Å². The minimum Gasteiger partial charge on any atom is -0.501 e. The first kappa shape index (κ1) is 32.2. The molecule has 241 valence electrons. The molecule has 0 aliphatic rings. The van der Waals surface area contributed by atoms with E-state index in [4.69, 9.17) is 8.83 Å². The molecule has 0 aliphatic heterocycles. The maximum Gasteiger partial charge on any atom is 0.121 e. The summed E-state index contributed by atoms with van der Waals surface area (Å²) in [4.78, 5) is 8.96. The molecule has 1 atom stereocenters. The van der Waals surface area contributed by atoms with Gasteiger partial charge in [-0.05, 0) is 65.7 Å². The number of nitrogens with zero attached hydrogens (tertiary/aromatic N) is 2. The Balaban J connectivity index is 0.000000156. The van der Waals surface area contributed by atoms with Crippen molar-refractivity contribution in [3.8, 4) is 22.5 Å². The summed E-state index contributed by atoms with van der Waals surface area (Å²) in [5, 5.41) is 4.47. The van der Waals surface area contributed by atoms with Crippen LogP contribution in [0, 0.1) is 26.0 Å². The zero-order valence-electron chi connectivity index (χ0n) is 27.3. The predicted molar refractivity (Wildman–Crippen MR) is 195 cm³/mol. The third-order valence-electron chi connectivity index (χ3n) is 8.93. The van der Waals surface area contributed by atoms with Gasteiger partial charge in [-0.1, -0.05) is 108 Å².